The number of benzene rings is 3. The Morgan fingerprint density at radius 3 is 2.50 bits per heavy atom. The maximum absolute atomic E-state index is 12.3. The van der Waals surface area contributed by atoms with E-state index in [0.29, 0.717) is 16.5 Å². The fourth-order valence-electron chi connectivity index (χ4n) is 2.89. The number of ether oxygens (including phenoxy) is 2. The summed E-state index contributed by atoms with van der Waals surface area (Å²) in [7, 11) is 1.64. The van der Waals surface area contributed by atoms with Crippen molar-refractivity contribution in [3.63, 3.8) is 0 Å². The number of nitrogens with one attached hydrogen (secondary N) is 2. The van der Waals surface area contributed by atoms with Crippen LogP contribution in [0.3, 0.4) is 0 Å². The molecule has 4 rings (SSSR count). The van der Waals surface area contributed by atoms with Gasteiger partial charge < -0.3 is 20.1 Å². The quantitative estimate of drug-likeness (QED) is 0.322. The number of hydrogen-bond donors (Lipinski definition) is 2. The number of rotatable bonds is 8. The summed E-state index contributed by atoms with van der Waals surface area (Å²) in [5.74, 6) is 1.13. The fourth-order valence-corrected chi connectivity index (χ4v) is 3.76. The minimum Gasteiger partial charge on any atom is -0.497 e. The number of thiazole rings is 1. The molecule has 1 heterocycles. The van der Waals surface area contributed by atoms with Gasteiger partial charge in [-0.3, -0.25) is 4.79 Å². The van der Waals surface area contributed by atoms with Gasteiger partial charge in [0.1, 0.15) is 11.5 Å². The number of aromatic nitrogens is 1. The molecule has 0 aliphatic heterocycles. The summed E-state index contributed by atoms with van der Waals surface area (Å²) in [5, 5.41) is 9.49. The number of hydrogen-bond acceptors (Lipinski definition) is 6. The molecule has 32 heavy (non-hydrogen) atoms. The van der Waals surface area contributed by atoms with Crippen molar-refractivity contribution in [3.8, 4) is 22.8 Å². The Morgan fingerprint density at radius 2 is 1.75 bits per heavy atom. The standard InChI is InChI=1S/C24H20ClN3O3S/c1-30-20-11-7-18(8-12-20)27-24-28-22(15-32-24)16-3-2-4-19(13-16)26-23(29)14-31-21-9-5-17(25)6-10-21/h2-13,15H,14H2,1H3,(H,26,29)(H,27,28). The average Bonchev–Trinajstić information content (AvgIpc) is 3.28. The zero-order chi connectivity index (χ0) is 22.3. The van der Waals surface area contributed by atoms with Gasteiger partial charge in [-0.1, -0.05) is 23.7 Å². The lowest BCUT2D eigenvalue weighted by Crippen LogP contribution is -2.20. The van der Waals surface area contributed by atoms with Crippen LogP contribution in [0.5, 0.6) is 11.5 Å². The molecule has 0 aliphatic carbocycles. The molecule has 0 saturated heterocycles. The van der Waals surface area contributed by atoms with Gasteiger partial charge in [0.05, 0.1) is 12.8 Å². The Hall–Kier alpha value is -3.55. The van der Waals surface area contributed by atoms with Crippen LogP contribution in [0.2, 0.25) is 5.02 Å². The normalized spacial score (nSPS) is 10.4. The number of nitrogens with zero attached hydrogens (tertiary/aromatic N) is 1. The molecule has 0 aliphatic rings. The second-order valence-electron chi connectivity index (χ2n) is 6.76. The van der Waals surface area contributed by atoms with Crippen molar-refractivity contribution in [1.29, 1.82) is 0 Å². The molecule has 0 atom stereocenters. The lowest BCUT2D eigenvalue weighted by molar-refractivity contribution is -0.118. The molecule has 0 radical (unpaired) electrons. The molecule has 0 fully saturated rings. The van der Waals surface area contributed by atoms with Gasteiger partial charge in [-0.15, -0.1) is 11.3 Å². The predicted octanol–water partition coefficient (Wildman–Crippen LogP) is 6.23. The number of carbonyl (C=O) groups is 1. The SMILES string of the molecule is COc1ccc(Nc2nc(-c3cccc(NC(=O)COc4ccc(Cl)cc4)c3)cs2)cc1. The van der Waals surface area contributed by atoms with Crippen molar-refractivity contribution in [2.45, 2.75) is 0 Å². The van der Waals surface area contributed by atoms with Crippen molar-refractivity contribution in [2.75, 3.05) is 24.4 Å². The lowest BCUT2D eigenvalue weighted by Gasteiger charge is -2.08. The van der Waals surface area contributed by atoms with Crippen LogP contribution in [-0.2, 0) is 4.79 Å². The van der Waals surface area contributed by atoms with Crippen molar-refractivity contribution in [1.82, 2.24) is 4.98 Å². The highest BCUT2D eigenvalue weighted by atomic mass is 35.5. The molecule has 3 aromatic carbocycles. The summed E-state index contributed by atoms with van der Waals surface area (Å²) in [6, 6.07) is 22.0. The van der Waals surface area contributed by atoms with E-state index >= 15 is 0 Å². The van der Waals surface area contributed by atoms with E-state index < -0.39 is 0 Å². The molecule has 0 spiro atoms. The summed E-state index contributed by atoms with van der Waals surface area (Å²) < 4.78 is 10.7. The highest BCUT2D eigenvalue weighted by Crippen LogP contribution is 2.29. The molecule has 4 aromatic rings. The van der Waals surface area contributed by atoms with Gasteiger partial charge in [0.15, 0.2) is 11.7 Å². The third kappa shape index (κ3) is 5.78. The lowest BCUT2D eigenvalue weighted by atomic mass is 10.1. The second kappa shape index (κ2) is 10.2. The first kappa shape index (κ1) is 21.7. The Balaban J connectivity index is 1.37. The van der Waals surface area contributed by atoms with E-state index in [0.717, 1.165) is 27.8 Å². The maximum atomic E-state index is 12.3. The average molecular weight is 466 g/mol. The van der Waals surface area contributed by atoms with Crippen LogP contribution in [0.15, 0.2) is 78.2 Å². The van der Waals surface area contributed by atoms with E-state index in [2.05, 4.69) is 15.6 Å². The zero-order valence-corrected chi connectivity index (χ0v) is 18.7. The highest BCUT2D eigenvalue weighted by Gasteiger charge is 2.08. The number of amides is 1. The smallest absolute Gasteiger partial charge is 0.262 e. The van der Waals surface area contributed by atoms with E-state index in [4.69, 9.17) is 21.1 Å². The van der Waals surface area contributed by atoms with Gasteiger partial charge in [-0.05, 0) is 60.7 Å². The zero-order valence-electron chi connectivity index (χ0n) is 17.2. The van der Waals surface area contributed by atoms with E-state index in [1.807, 2.05) is 53.9 Å². The van der Waals surface area contributed by atoms with Crippen LogP contribution in [-0.4, -0.2) is 24.6 Å². The van der Waals surface area contributed by atoms with Gasteiger partial charge in [0, 0.05) is 27.3 Å². The molecule has 1 amide bonds. The molecular formula is C24H20ClN3O3S. The van der Waals surface area contributed by atoms with E-state index in [1.54, 1.807) is 31.4 Å². The maximum Gasteiger partial charge on any atom is 0.262 e. The van der Waals surface area contributed by atoms with Crippen LogP contribution in [0.25, 0.3) is 11.3 Å². The molecule has 0 unspecified atom stereocenters. The third-order valence-electron chi connectivity index (χ3n) is 4.47. The largest absolute Gasteiger partial charge is 0.497 e. The van der Waals surface area contributed by atoms with E-state index in [1.165, 1.54) is 11.3 Å². The second-order valence-corrected chi connectivity index (χ2v) is 8.06. The first-order valence-corrected chi connectivity index (χ1v) is 11.0. The van der Waals surface area contributed by atoms with Gasteiger partial charge in [0.2, 0.25) is 0 Å². The monoisotopic (exact) mass is 465 g/mol. The van der Waals surface area contributed by atoms with E-state index in [-0.39, 0.29) is 12.5 Å². The van der Waals surface area contributed by atoms with Crippen LogP contribution < -0.4 is 20.1 Å². The molecule has 0 saturated carbocycles. The fraction of sp³-hybridized carbons (Fsp3) is 0.0833. The number of halogens is 1. The van der Waals surface area contributed by atoms with Crippen molar-refractivity contribution in [3.05, 3.63) is 83.2 Å². The van der Waals surface area contributed by atoms with Crippen LogP contribution in [0.1, 0.15) is 0 Å². The Bertz CT molecular complexity index is 1190. The summed E-state index contributed by atoms with van der Waals surface area (Å²) >= 11 is 7.36. The molecule has 8 heteroatoms. The van der Waals surface area contributed by atoms with Gasteiger partial charge >= 0.3 is 0 Å². The number of carbonyl (C=O) groups excluding carboxylic acids is 1. The Labute approximate surface area is 194 Å². The summed E-state index contributed by atoms with van der Waals surface area (Å²) in [6.45, 7) is -0.0987. The first-order chi connectivity index (χ1) is 15.6. The van der Waals surface area contributed by atoms with Crippen molar-refractivity contribution in [2.24, 2.45) is 0 Å². The Kier molecular flexibility index (Phi) is 6.89. The summed E-state index contributed by atoms with van der Waals surface area (Å²) in [5.41, 5.74) is 3.32. The molecule has 1 aromatic heterocycles. The summed E-state index contributed by atoms with van der Waals surface area (Å²) in [4.78, 5) is 16.9. The predicted molar refractivity (Wildman–Crippen MR) is 129 cm³/mol. The summed E-state index contributed by atoms with van der Waals surface area (Å²) in [6.07, 6.45) is 0. The molecular weight excluding hydrogens is 446 g/mol. The molecule has 2 N–H and O–H groups in total. The van der Waals surface area contributed by atoms with Crippen LogP contribution in [0, 0.1) is 0 Å². The third-order valence-corrected chi connectivity index (χ3v) is 5.48. The number of methoxy groups -OCH3 is 1. The minimum atomic E-state index is -0.253. The van der Waals surface area contributed by atoms with Crippen LogP contribution >= 0.6 is 22.9 Å². The Morgan fingerprint density at radius 1 is 1.00 bits per heavy atom. The molecule has 0 bridgehead atoms. The topological polar surface area (TPSA) is 72.5 Å². The molecule has 162 valence electrons. The number of anilines is 3. The van der Waals surface area contributed by atoms with Gasteiger partial charge in [0.25, 0.3) is 5.91 Å². The van der Waals surface area contributed by atoms with Crippen LogP contribution in [0.4, 0.5) is 16.5 Å². The molecule has 6 nitrogen and oxygen atoms in total. The van der Waals surface area contributed by atoms with Gasteiger partial charge in [-0.2, -0.15) is 0 Å². The van der Waals surface area contributed by atoms with Gasteiger partial charge in [-0.25, -0.2) is 4.98 Å². The van der Waals surface area contributed by atoms with E-state index in [9.17, 15) is 4.79 Å². The van der Waals surface area contributed by atoms with Crippen molar-refractivity contribution >= 4 is 45.4 Å². The van der Waals surface area contributed by atoms with Crippen molar-refractivity contribution < 1.29 is 14.3 Å². The first-order valence-electron chi connectivity index (χ1n) is 9.74. The minimum absolute atomic E-state index is 0.0987. The highest BCUT2D eigenvalue weighted by molar-refractivity contribution is 7.14.